The van der Waals surface area contributed by atoms with Crippen molar-refractivity contribution in [2.24, 2.45) is 5.92 Å². The summed E-state index contributed by atoms with van der Waals surface area (Å²) in [5.41, 5.74) is 1.01. The molecule has 148 valence electrons. The van der Waals surface area contributed by atoms with E-state index in [2.05, 4.69) is 15.3 Å². The van der Waals surface area contributed by atoms with E-state index in [1.807, 2.05) is 44.2 Å². The van der Waals surface area contributed by atoms with Gasteiger partial charge in [-0.25, -0.2) is 4.98 Å². The average Bonchev–Trinajstić information content (AvgIpc) is 2.68. The molecule has 0 aliphatic rings. The summed E-state index contributed by atoms with van der Waals surface area (Å²) in [6.45, 7) is 3.91. The number of hydrogen-bond donors (Lipinski definition) is 3. The van der Waals surface area contributed by atoms with Gasteiger partial charge < -0.3 is 15.4 Å². The van der Waals surface area contributed by atoms with Crippen LogP contribution in [0, 0.1) is 5.92 Å². The van der Waals surface area contributed by atoms with Crippen molar-refractivity contribution in [3.63, 3.8) is 0 Å². The van der Waals surface area contributed by atoms with Crippen molar-refractivity contribution < 1.29 is 19.6 Å². The molecular formula is C20H26BN3O4. The van der Waals surface area contributed by atoms with Gasteiger partial charge in [-0.05, 0) is 24.3 Å². The maximum atomic E-state index is 12.9. The molecule has 0 saturated carbocycles. The molecule has 0 radical (unpaired) electrons. The van der Waals surface area contributed by atoms with Gasteiger partial charge in [0.05, 0.1) is 12.2 Å². The van der Waals surface area contributed by atoms with Crippen molar-refractivity contribution in [1.82, 2.24) is 15.3 Å². The number of benzene rings is 1. The molecule has 2 atom stereocenters. The summed E-state index contributed by atoms with van der Waals surface area (Å²) in [5.74, 6) is -1.12. The van der Waals surface area contributed by atoms with Crippen molar-refractivity contribution in [3.8, 4) is 0 Å². The van der Waals surface area contributed by atoms with E-state index in [1.54, 1.807) is 0 Å². The molecule has 0 fully saturated rings. The van der Waals surface area contributed by atoms with Gasteiger partial charge in [-0.1, -0.05) is 44.2 Å². The Morgan fingerprint density at radius 2 is 1.86 bits per heavy atom. The number of carbonyl (C=O) groups excluding carboxylic acids is 2. The quantitative estimate of drug-likeness (QED) is 0.538. The summed E-state index contributed by atoms with van der Waals surface area (Å²) >= 11 is 0. The number of nitrogens with one attached hydrogen (secondary N) is 1. The molecule has 0 aliphatic heterocycles. The summed E-state index contributed by atoms with van der Waals surface area (Å²) in [7, 11) is -1.58. The molecule has 0 unspecified atom stereocenters. The maximum absolute atomic E-state index is 12.9. The van der Waals surface area contributed by atoms with Crippen LogP contribution >= 0.6 is 0 Å². The lowest BCUT2D eigenvalue weighted by Gasteiger charge is -2.22. The minimum absolute atomic E-state index is 0.0336. The van der Waals surface area contributed by atoms with Gasteiger partial charge in [-0.15, -0.1) is 0 Å². The van der Waals surface area contributed by atoms with Gasteiger partial charge in [0.25, 0.3) is 5.91 Å². The van der Waals surface area contributed by atoms with Gasteiger partial charge in [0.15, 0.2) is 5.78 Å². The summed E-state index contributed by atoms with van der Waals surface area (Å²) in [5, 5.41) is 22.0. The third-order valence-corrected chi connectivity index (χ3v) is 4.43. The van der Waals surface area contributed by atoms with Crippen molar-refractivity contribution in [3.05, 3.63) is 60.2 Å². The zero-order chi connectivity index (χ0) is 20.5. The number of aromatic nitrogens is 2. The Bertz CT molecular complexity index is 757. The lowest BCUT2D eigenvalue weighted by molar-refractivity contribution is -0.121. The normalized spacial score (nSPS) is 13.0. The molecule has 1 heterocycles. The smallest absolute Gasteiger partial charge is 0.427 e. The minimum atomic E-state index is -1.58. The number of rotatable bonds is 10. The molecule has 0 spiro atoms. The van der Waals surface area contributed by atoms with Gasteiger partial charge in [0.1, 0.15) is 5.69 Å². The van der Waals surface area contributed by atoms with Gasteiger partial charge in [0.2, 0.25) is 0 Å². The van der Waals surface area contributed by atoms with Crippen LogP contribution in [0.1, 0.15) is 42.7 Å². The van der Waals surface area contributed by atoms with Crippen LogP contribution < -0.4 is 5.32 Å². The van der Waals surface area contributed by atoms with E-state index in [4.69, 9.17) is 0 Å². The molecular weight excluding hydrogens is 357 g/mol. The second-order valence-corrected chi connectivity index (χ2v) is 7.28. The van der Waals surface area contributed by atoms with E-state index in [-0.39, 0.29) is 23.8 Å². The van der Waals surface area contributed by atoms with Crippen molar-refractivity contribution in [2.75, 3.05) is 0 Å². The van der Waals surface area contributed by atoms with Crippen LogP contribution in [-0.4, -0.2) is 44.9 Å². The number of carbonyl (C=O) groups is 2. The number of Topliss-reactive ketones (excluding diaryl/α,β-unsaturated/α-hetero) is 1. The molecule has 2 aromatic rings. The fourth-order valence-corrected chi connectivity index (χ4v) is 3.06. The first-order valence-corrected chi connectivity index (χ1v) is 9.36. The van der Waals surface area contributed by atoms with Crippen LogP contribution in [0.4, 0.5) is 0 Å². The highest BCUT2D eigenvalue weighted by atomic mass is 16.4. The molecule has 3 N–H and O–H groups in total. The fraction of sp³-hybridized carbons (Fsp3) is 0.400. The zero-order valence-electron chi connectivity index (χ0n) is 16.2. The van der Waals surface area contributed by atoms with E-state index < -0.39 is 24.9 Å². The predicted octanol–water partition coefficient (Wildman–Crippen LogP) is 1.67. The first-order chi connectivity index (χ1) is 13.4. The van der Waals surface area contributed by atoms with Crippen molar-refractivity contribution in [1.29, 1.82) is 0 Å². The van der Waals surface area contributed by atoms with Gasteiger partial charge in [0, 0.05) is 24.6 Å². The van der Waals surface area contributed by atoms with E-state index in [0.29, 0.717) is 12.8 Å². The summed E-state index contributed by atoms with van der Waals surface area (Å²) in [4.78, 5) is 33.3. The van der Waals surface area contributed by atoms with E-state index in [0.717, 1.165) is 5.56 Å². The SMILES string of the molecule is CC(C)C[C@@H](CC(=O)[C@H](Cc1ccccc1)NC(=O)c1cnccn1)B(O)O. The first kappa shape index (κ1) is 21.7. The highest BCUT2D eigenvalue weighted by Crippen LogP contribution is 2.24. The maximum Gasteiger partial charge on any atom is 0.455 e. The number of amides is 1. The molecule has 7 nitrogen and oxygen atoms in total. The van der Waals surface area contributed by atoms with Gasteiger partial charge >= 0.3 is 7.12 Å². The number of hydrogen-bond acceptors (Lipinski definition) is 6. The Labute approximate surface area is 165 Å². The third kappa shape index (κ3) is 6.86. The third-order valence-electron chi connectivity index (χ3n) is 4.43. The summed E-state index contributed by atoms with van der Waals surface area (Å²) in [6.07, 6.45) is 4.97. The van der Waals surface area contributed by atoms with Gasteiger partial charge in [-0.2, -0.15) is 0 Å². The van der Waals surface area contributed by atoms with Crippen LogP contribution in [0.3, 0.4) is 0 Å². The second-order valence-electron chi connectivity index (χ2n) is 7.28. The van der Waals surface area contributed by atoms with Crippen LogP contribution in [0.5, 0.6) is 0 Å². The standard InChI is InChI=1S/C20H26BN3O4/c1-14(2)10-16(21(27)28)12-19(25)17(11-15-6-4-3-5-7-15)24-20(26)18-13-22-8-9-23-18/h3-9,13-14,16-17,27-28H,10-12H2,1-2H3,(H,24,26)/t16-,17-/m0/s1. The minimum Gasteiger partial charge on any atom is -0.427 e. The molecule has 0 saturated heterocycles. The molecule has 28 heavy (non-hydrogen) atoms. The molecule has 1 aromatic heterocycles. The lowest BCUT2D eigenvalue weighted by Crippen LogP contribution is -2.43. The first-order valence-electron chi connectivity index (χ1n) is 9.36. The fourth-order valence-electron chi connectivity index (χ4n) is 3.06. The number of ketones is 1. The van der Waals surface area contributed by atoms with Crippen molar-refractivity contribution in [2.45, 2.75) is 45.0 Å². The highest BCUT2D eigenvalue weighted by molar-refractivity contribution is 6.43. The second kappa shape index (κ2) is 10.7. The molecule has 0 bridgehead atoms. The Kier molecular flexibility index (Phi) is 8.29. The van der Waals surface area contributed by atoms with Crippen LogP contribution in [0.25, 0.3) is 0 Å². The molecule has 2 rings (SSSR count). The summed E-state index contributed by atoms with van der Waals surface area (Å²) < 4.78 is 0. The summed E-state index contributed by atoms with van der Waals surface area (Å²) in [6, 6.07) is 8.55. The highest BCUT2D eigenvalue weighted by Gasteiger charge is 2.31. The van der Waals surface area contributed by atoms with Crippen LogP contribution in [-0.2, 0) is 11.2 Å². The van der Waals surface area contributed by atoms with Crippen molar-refractivity contribution >= 4 is 18.8 Å². The Balaban J connectivity index is 2.16. The van der Waals surface area contributed by atoms with E-state index in [9.17, 15) is 19.6 Å². The molecule has 8 heteroatoms. The largest absolute Gasteiger partial charge is 0.455 e. The van der Waals surface area contributed by atoms with Crippen LogP contribution in [0.2, 0.25) is 5.82 Å². The molecule has 1 aromatic carbocycles. The Hall–Kier alpha value is -2.58. The lowest BCUT2D eigenvalue weighted by atomic mass is 9.66. The predicted molar refractivity (Wildman–Crippen MR) is 106 cm³/mol. The number of nitrogens with zero attached hydrogens (tertiary/aromatic N) is 2. The Morgan fingerprint density at radius 1 is 1.14 bits per heavy atom. The van der Waals surface area contributed by atoms with E-state index >= 15 is 0 Å². The average molecular weight is 383 g/mol. The van der Waals surface area contributed by atoms with Crippen LogP contribution in [0.15, 0.2) is 48.9 Å². The molecule has 1 amide bonds. The topological polar surface area (TPSA) is 112 Å². The zero-order valence-corrected chi connectivity index (χ0v) is 16.2. The van der Waals surface area contributed by atoms with E-state index in [1.165, 1.54) is 18.6 Å². The molecule has 0 aliphatic carbocycles. The van der Waals surface area contributed by atoms with Gasteiger partial charge in [-0.3, -0.25) is 14.6 Å². The monoisotopic (exact) mass is 383 g/mol. The Morgan fingerprint density at radius 3 is 2.43 bits per heavy atom.